The van der Waals surface area contributed by atoms with Crippen molar-refractivity contribution in [1.82, 2.24) is 0 Å². The van der Waals surface area contributed by atoms with Crippen LogP contribution in [0.25, 0.3) is 0 Å². The zero-order valence-electron chi connectivity index (χ0n) is 6.21. The molecule has 0 saturated carbocycles. The van der Waals surface area contributed by atoms with Gasteiger partial charge in [0.25, 0.3) is 0 Å². The average Bonchev–Trinajstić information content (AvgIpc) is 1.71. The highest BCUT2D eigenvalue weighted by atomic mass is 127. The molecule has 52 valence electrons. The first-order valence-corrected chi connectivity index (χ1v) is 4.91. The molecular formula is C7H17I. The molecule has 0 unspecified atom stereocenters. The van der Waals surface area contributed by atoms with E-state index in [0.29, 0.717) is 0 Å². The molecule has 0 spiro atoms. The van der Waals surface area contributed by atoms with Crippen LogP contribution in [-0.4, -0.2) is 4.43 Å². The van der Waals surface area contributed by atoms with Gasteiger partial charge in [-0.1, -0.05) is 62.6 Å². The summed E-state index contributed by atoms with van der Waals surface area (Å²) in [4.78, 5) is 0. The summed E-state index contributed by atoms with van der Waals surface area (Å²) in [6.45, 7) is 6.54. The van der Waals surface area contributed by atoms with Gasteiger partial charge in [0.05, 0.1) is 0 Å². The number of rotatable bonds is 2. The highest BCUT2D eigenvalue weighted by Crippen LogP contribution is 1.88. The van der Waals surface area contributed by atoms with Gasteiger partial charge in [-0.15, -0.1) is 0 Å². The third-order valence-corrected chi connectivity index (χ3v) is 0.707. The Balaban J connectivity index is 0. The first kappa shape index (κ1) is 11.5. The molecule has 0 atom stereocenters. The van der Waals surface area contributed by atoms with E-state index in [-0.39, 0.29) is 0 Å². The van der Waals surface area contributed by atoms with Crippen LogP contribution < -0.4 is 0 Å². The van der Waals surface area contributed by atoms with Gasteiger partial charge in [0.2, 0.25) is 0 Å². The van der Waals surface area contributed by atoms with Crippen molar-refractivity contribution < 1.29 is 0 Å². The van der Waals surface area contributed by atoms with Crippen molar-refractivity contribution in [3.63, 3.8) is 0 Å². The summed E-state index contributed by atoms with van der Waals surface area (Å²) in [6.07, 6.45) is 4.08. The van der Waals surface area contributed by atoms with Crippen LogP contribution in [0, 0.1) is 0 Å². The molecule has 0 aromatic heterocycles. The summed E-state index contributed by atoms with van der Waals surface area (Å²) in [6, 6.07) is 0. The van der Waals surface area contributed by atoms with Crippen LogP contribution in [-0.2, 0) is 0 Å². The smallest absolute Gasteiger partial charge is 0.00332 e. The lowest BCUT2D eigenvalue weighted by atomic mass is 10.3. The van der Waals surface area contributed by atoms with Crippen molar-refractivity contribution in [3.8, 4) is 0 Å². The molecule has 0 rings (SSSR count). The van der Waals surface area contributed by atoms with Crippen LogP contribution in [0.15, 0.2) is 0 Å². The lowest BCUT2D eigenvalue weighted by Gasteiger charge is -1.79. The highest BCUT2D eigenvalue weighted by molar-refractivity contribution is 14.1. The summed E-state index contributed by atoms with van der Waals surface area (Å²) in [5.41, 5.74) is 0. The van der Waals surface area contributed by atoms with Gasteiger partial charge in [-0.3, -0.25) is 0 Å². The summed E-state index contributed by atoms with van der Waals surface area (Å²) >= 11 is 2.29. The number of hydrogen-bond acceptors (Lipinski definition) is 0. The zero-order chi connectivity index (χ0) is 6.83. The van der Waals surface area contributed by atoms with E-state index >= 15 is 0 Å². The Bertz CT molecular complexity index is 18.3. The number of unbranched alkanes of at least 4 members (excludes halogenated alkanes) is 2. The lowest BCUT2D eigenvalue weighted by molar-refractivity contribution is 0.772. The Morgan fingerprint density at radius 3 is 1.25 bits per heavy atom. The third-order valence-electron chi connectivity index (χ3n) is 0.707. The van der Waals surface area contributed by atoms with Crippen LogP contribution in [0.3, 0.4) is 0 Å². The number of alkyl halides is 1. The molecule has 0 nitrogen and oxygen atoms in total. The largest absolute Gasteiger partial charge is 0.0867 e. The highest BCUT2D eigenvalue weighted by Gasteiger charge is 1.68. The molecule has 0 N–H and O–H groups in total. The molecule has 0 aromatic rings. The molecule has 0 aliphatic heterocycles. The van der Waals surface area contributed by atoms with E-state index in [1.807, 2.05) is 0 Å². The maximum absolute atomic E-state index is 2.29. The maximum Gasteiger partial charge on any atom is -0.00332 e. The van der Waals surface area contributed by atoms with Gasteiger partial charge in [-0.05, 0) is 4.43 Å². The van der Waals surface area contributed by atoms with E-state index < -0.39 is 0 Å². The third kappa shape index (κ3) is 29.6. The Kier molecular flexibility index (Phi) is 22.5. The molecule has 1 heteroatoms. The van der Waals surface area contributed by atoms with Crippen molar-refractivity contribution in [1.29, 1.82) is 0 Å². The number of hydrogen-bond donors (Lipinski definition) is 0. The molecule has 0 aliphatic carbocycles. The molecule has 0 bridgehead atoms. The van der Waals surface area contributed by atoms with Gasteiger partial charge in [0.15, 0.2) is 0 Å². The molecule has 0 saturated heterocycles. The molecule has 0 fully saturated rings. The minimum absolute atomic E-state index is 1.22. The van der Waals surface area contributed by atoms with Crippen LogP contribution >= 0.6 is 22.6 Å². The molecule has 0 heterocycles. The number of halogens is 1. The van der Waals surface area contributed by atoms with Crippen molar-refractivity contribution in [3.05, 3.63) is 0 Å². The molecular weight excluding hydrogens is 211 g/mol. The minimum Gasteiger partial charge on any atom is -0.0867 e. The minimum atomic E-state index is 1.22. The Labute approximate surface area is 67.2 Å². The van der Waals surface area contributed by atoms with E-state index in [1.165, 1.54) is 23.7 Å². The normalized spacial score (nSPS) is 7.50. The van der Waals surface area contributed by atoms with E-state index in [4.69, 9.17) is 0 Å². The zero-order valence-corrected chi connectivity index (χ0v) is 8.36. The fourth-order valence-electron chi connectivity index (χ4n) is 0.354. The Hall–Kier alpha value is 0.730. The van der Waals surface area contributed by atoms with E-state index in [1.54, 1.807) is 0 Å². The second-order valence-corrected chi connectivity index (χ2v) is 3.15. The Morgan fingerprint density at radius 1 is 1.00 bits per heavy atom. The van der Waals surface area contributed by atoms with Gasteiger partial charge in [-0.25, -0.2) is 0 Å². The molecule has 0 aliphatic rings. The van der Waals surface area contributed by atoms with E-state index in [2.05, 4.69) is 43.4 Å². The lowest BCUT2D eigenvalue weighted by Crippen LogP contribution is -1.59. The Morgan fingerprint density at radius 2 is 1.25 bits per heavy atom. The second kappa shape index (κ2) is 15.6. The predicted octanol–water partition coefficient (Wildman–Crippen LogP) is 3.64. The molecule has 0 amide bonds. The van der Waals surface area contributed by atoms with Gasteiger partial charge in [0.1, 0.15) is 0 Å². The molecule has 0 aromatic carbocycles. The summed E-state index contributed by atoms with van der Waals surface area (Å²) < 4.78 is 1.22. The summed E-state index contributed by atoms with van der Waals surface area (Å²) in [5.74, 6) is 0. The maximum atomic E-state index is 2.29. The molecule has 8 heavy (non-hydrogen) atoms. The van der Waals surface area contributed by atoms with Crippen LogP contribution in [0.5, 0.6) is 0 Å². The quantitative estimate of drug-likeness (QED) is 0.500. The van der Waals surface area contributed by atoms with Crippen molar-refractivity contribution in [2.24, 2.45) is 0 Å². The van der Waals surface area contributed by atoms with Crippen molar-refractivity contribution in [2.75, 3.05) is 4.43 Å². The first-order chi connectivity index (χ1) is 3.83. The van der Waals surface area contributed by atoms with Gasteiger partial charge in [0, 0.05) is 0 Å². The van der Waals surface area contributed by atoms with Gasteiger partial charge in [-0.2, -0.15) is 0 Å². The first-order valence-electron chi connectivity index (χ1n) is 3.39. The van der Waals surface area contributed by atoms with E-state index in [0.717, 1.165) is 0 Å². The standard InChI is InChI=1S/C5H12.C2H5I/c1-3-5-4-2;1-2-3/h3-5H2,1-2H3;2H2,1H3. The van der Waals surface area contributed by atoms with Crippen LogP contribution in [0.1, 0.15) is 40.0 Å². The van der Waals surface area contributed by atoms with Crippen molar-refractivity contribution >= 4 is 22.6 Å². The summed E-state index contributed by atoms with van der Waals surface area (Å²) in [7, 11) is 0. The van der Waals surface area contributed by atoms with Gasteiger partial charge >= 0.3 is 0 Å². The summed E-state index contributed by atoms with van der Waals surface area (Å²) in [5, 5.41) is 0. The SMILES string of the molecule is CCCCC.CCI. The van der Waals surface area contributed by atoms with Crippen LogP contribution in [0.4, 0.5) is 0 Å². The topological polar surface area (TPSA) is 0 Å². The van der Waals surface area contributed by atoms with Gasteiger partial charge < -0.3 is 0 Å². The fourth-order valence-corrected chi connectivity index (χ4v) is 0.354. The van der Waals surface area contributed by atoms with Crippen LogP contribution in [0.2, 0.25) is 0 Å². The molecule has 0 radical (unpaired) electrons. The van der Waals surface area contributed by atoms with Crippen molar-refractivity contribution in [2.45, 2.75) is 40.0 Å². The second-order valence-electron chi connectivity index (χ2n) is 1.62. The average molecular weight is 228 g/mol. The predicted molar refractivity (Wildman–Crippen MR) is 49.8 cm³/mol. The monoisotopic (exact) mass is 228 g/mol. The fraction of sp³-hybridized carbons (Fsp3) is 1.00. The van der Waals surface area contributed by atoms with E-state index in [9.17, 15) is 0 Å².